The first-order valence-electron chi connectivity index (χ1n) is 4.99. The Morgan fingerprint density at radius 1 is 1.07 bits per heavy atom. The van der Waals surface area contributed by atoms with Gasteiger partial charge in [-0.1, -0.05) is 30.4 Å². The van der Waals surface area contributed by atoms with Crippen molar-refractivity contribution in [2.45, 2.75) is 12.2 Å². The molecule has 0 bridgehead atoms. The van der Waals surface area contributed by atoms with Crippen LogP contribution in [0.1, 0.15) is 6.42 Å². The van der Waals surface area contributed by atoms with Crippen LogP contribution in [0.2, 0.25) is 0 Å². The fourth-order valence-electron chi connectivity index (χ4n) is 1.52. The number of methoxy groups -OCH3 is 1. The van der Waals surface area contributed by atoms with Crippen LogP contribution in [0.4, 0.5) is 0 Å². The maximum Gasteiger partial charge on any atom is 0.250 e. The Kier molecular flexibility index (Phi) is 2.88. The van der Waals surface area contributed by atoms with Crippen molar-refractivity contribution in [2.24, 2.45) is 0 Å². The van der Waals surface area contributed by atoms with E-state index in [2.05, 4.69) is 0 Å². The number of rotatable bonds is 3. The standard InChI is InChI=1S/C13H14O2/c1-14-13(10-6-3-7-11-13)15-12-8-4-2-5-9-12/h2,4-11H,3H2,1H3. The molecule has 0 saturated heterocycles. The van der Waals surface area contributed by atoms with Gasteiger partial charge in [-0.2, -0.15) is 0 Å². The average molecular weight is 202 g/mol. The molecule has 0 radical (unpaired) electrons. The van der Waals surface area contributed by atoms with Gasteiger partial charge in [0.15, 0.2) is 0 Å². The normalized spacial score (nSPS) is 17.7. The minimum absolute atomic E-state index is 0.737. The molecular weight excluding hydrogens is 188 g/mol. The molecule has 1 aromatic rings. The Balaban J connectivity index is 2.18. The lowest BCUT2D eigenvalue weighted by Crippen LogP contribution is -2.34. The topological polar surface area (TPSA) is 18.5 Å². The number of benzene rings is 1. The number of ether oxygens (including phenoxy) is 2. The molecule has 0 amide bonds. The van der Waals surface area contributed by atoms with E-state index in [0.717, 1.165) is 12.2 Å². The van der Waals surface area contributed by atoms with E-state index in [1.165, 1.54) is 0 Å². The third kappa shape index (κ3) is 2.28. The van der Waals surface area contributed by atoms with E-state index >= 15 is 0 Å². The van der Waals surface area contributed by atoms with E-state index in [1.807, 2.05) is 54.6 Å². The van der Waals surface area contributed by atoms with Gasteiger partial charge in [-0.15, -0.1) is 0 Å². The van der Waals surface area contributed by atoms with Gasteiger partial charge < -0.3 is 9.47 Å². The Morgan fingerprint density at radius 2 is 1.73 bits per heavy atom. The molecular formula is C13H14O2. The summed E-state index contributed by atoms with van der Waals surface area (Å²) in [7, 11) is 1.64. The Labute approximate surface area is 89.8 Å². The third-order valence-electron chi connectivity index (χ3n) is 2.31. The van der Waals surface area contributed by atoms with Gasteiger partial charge in [0.05, 0.1) is 0 Å². The van der Waals surface area contributed by atoms with Crippen molar-refractivity contribution < 1.29 is 9.47 Å². The van der Waals surface area contributed by atoms with Gasteiger partial charge in [-0.3, -0.25) is 0 Å². The lowest BCUT2D eigenvalue weighted by molar-refractivity contribution is -0.0860. The van der Waals surface area contributed by atoms with Gasteiger partial charge in [0, 0.05) is 7.11 Å². The molecule has 0 fully saturated rings. The van der Waals surface area contributed by atoms with Crippen molar-refractivity contribution in [3.63, 3.8) is 0 Å². The lowest BCUT2D eigenvalue weighted by atomic mass is 10.1. The fraction of sp³-hybridized carbons (Fsp3) is 0.231. The SMILES string of the molecule is COC1(Oc2ccccc2)C=CCC=C1. The second kappa shape index (κ2) is 4.32. The molecule has 0 saturated carbocycles. The second-order valence-electron chi connectivity index (χ2n) is 3.38. The number of para-hydroxylation sites is 1. The summed E-state index contributed by atoms with van der Waals surface area (Å²) in [6, 6.07) is 9.66. The third-order valence-corrected chi connectivity index (χ3v) is 2.31. The van der Waals surface area contributed by atoms with Crippen LogP contribution in [-0.4, -0.2) is 12.9 Å². The summed E-state index contributed by atoms with van der Waals surface area (Å²) >= 11 is 0. The lowest BCUT2D eigenvalue weighted by Gasteiger charge is -2.28. The van der Waals surface area contributed by atoms with Gasteiger partial charge in [0.1, 0.15) is 5.75 Å². The first-order chi connectivity index (χ1) is 7.35. The van der Waals surface area contributed by atoms with E-state index in [4.69, 9.17) is 9.47 Å². The van der Waals surface area contributed by atoms with Crippen molar-refractivity contribution in [2.75, 3.05) is 7.11 Å². The molecule has 2 heteroatoms. The Bertz CT molecular complexity index is 353. The van der Waals surface area contributed by atoms with Gasteiger partial charge in [-0.25, -0.2) is 0 Å². The fourth-order valence-corrected chi connectivity index (χ4v) is 1.52. The van der Waals surface area contributed by atoms with Crippen molar-refractivity contribution in [1.82, 2.24) is 0 Å². The highest BCUT2D eigenvalue weighted by atomic mass is 16.7. The molecule has 15 heavy (non-hydrogen) atoms. The van der Waals surface area contributed by atoms with Gasteiger partial charge in [0.2, 0.25) is 5.79 Å². The molecule has 0 unspecified atom stereocenters. The zero-order valence-electron chi connectivity index (χ0n) is 8.72. The molecule has 0 N–H and O–H groups in total. The predicted octanol–water partition coefficient (Wildman–Crippen LogP) is 2.92. The first kappa shape index (κ1) is 9.99. The van der Waals surface area contributed by atoms with Crippen LogP contribution in [0.25, 0.3) is 0 Å². The number of allylic oxidation sites excluding steroid dienone is 2. The summed E-state index contributed by atoms with van der Waals surface area (Å²) in [5.41, 5.74) is 0. The maximum atomic E-state index is 5.80. The smallest absolute Gasteiger partial charge is 0.250 e. The van der Waals surface area contributed by atoms with Crippen LogP contribution in [0.5, 0.6) is 5.75 Å². The maximum absolute atomic E-state index is 5.80. The van der Waals surface area contributed by atoms with Crippen molar-refractivity contribution in [3.05, 3.63) is 54.6 Å². The van der Waals surface area contributed by atoms with E-state index in [9.17, 15) is 0 Å². The zero-order valence-corrected chi connectivity index (χ0v) is 8.72. The molecule has 0 aromatic heterocycles. The minimum atomic E-state index is -0.737. The van der Waals surface area contributed by atoms with Gasteiger partial charge in [0.25, 0.3) is 0 Å². The number of hydrogen-bond donors (Lipinski definition) is 0. The largest absolute Gasteiger partial charge is 0.455 e. The molecule has 0 spiro atoms. The van der Waals surface area contributed by atoms with Crippen LogP contribution in [-0.2, 0) is 4.74 Å². The molecule has 78 valence electrons. The summed E-state index contributed by atoms with van der Waals surface area (Å²) in [4.78, 5) is 0. The van der Waals surface area contributed by atoms with E-state index in [-0.39, 0.29) is 0 Å². The minimum Gasteiger partial charge on any atom is -0.455 e. The summed E-state index contributed by atoms with van der Waals surface area (Å²) in [5.74, 6) is 0.0649. The molecule has 0 atom stereocenters. The van der Waals surface area contributed by atoms with Crippen molar-refractivity contribution in [3.8, 4) is 5.75 Å². The summed E-state index contributed by atoms with van der Waals surface area (Å²) in [5, 5.41) is 0. The summed E-state index contributed by atoms with van der Waals surface area (Å²) in [6.45, 7) is 0. The molecule has 1 aliphatic rings. The Hall–Kier alpha value is -1.54. The van der Waals surface area contributed by atoms with Crippen LogP contribution in [0, 0.1) is 0 Å². The molecule has 1 aliphatic carbocycles. The Morgan fingerprint density at radius 3 is 2.33 bits per heavy atom. The highest BCUT2D eigenvalue weighted by Crippen LogP contribution is 2.24. The van der Waals surface area contributed by atoms with Crippen LogP contribution in [0.15, 0.2) is 54.6 Å². The van der Waals surface area contributed by atoms with Gasteiger partial charge >= 0.3 is 0 Å². The van der Waals surface area contributed by atoms with E-state index in [1.54, 1.807) is 7.11 Å². The van der Waals surface area contributed by atoms with E-state index in [0.29, 0.717) is 0 Å². The molecule has 0 aliphatic heterocycles. The van der Waals surface area contributed by atoms with Crippen LogP contribution >= 0.6 is 0 Å². The molecule has 1 aromatic carbocycles. The average Bonchev–Trinajstić information content (AvgIpc) is 2.32. The zero-order chi connectivity index (χ0) is 10.6. The molecule has 2 nitrogen and oxygen atoms in total. The highest BCUT2D eigenvalue weighted by Gasteiger charge is 2.26. The van der Waals surface area contributed by atoms with E-state index < -0.39 is 5.79 Å². The monoisotopic (exact) mass is 202 g/mol. The summed E-state index contributed by atoms with van der Waals surface area (Å²) < 4.78 is 11.2. The van der Waals surface area contributed by atoms with Crippen LogP contribution in [0.3, 0.4) is 0 Å². The second-order valence-corrected chi connectivity index (χ2v) is 3.38. The molecule has 2 rings (SSSR count). The quantitative estimate of drug-likeness (QED) is 0.554. The number of hydrogen-bond acceptors (Lipinski definition) is 2. The molecule has 0 heterocycles. The van der Waals surface area contributed by atoms with Crippen molar-refractivity contribution in [1.29, 1.82) is 0 Å². The summed E-state index contributed by atoms with van der Waals surface area (Å²) in [6.07, 6.45) is 8.86. The highest BCUT2D eigenvalue weighted by molar-refractivity contribution is 5.26. The first-order valence-corrected chi connectivity index (χ1v) is 4.99. The predicted molar refractivity (Wildman–Crippen MR) is 59.7 cm³/mol. The van der Waals surface area contributed by atoms with Crippen molar-refractivity contribution >= 4 is 0 Å². The van der Waals surface area contributed by atoms with Gasteiger partial charge in [-0.05, 0) is 30.7 Å². The van der Waals surface area contributed by atoms with Crippen LogP contribution < -0.4 is 4.74 Å².